The van der Waals surface area contributed by atoms with Gasteiger partial charge in [-0.1, -0.05) is 6.07 Å². The first-order valence-corrected chi connectivity index (χ1v) is 4.67. The highest BCUT2D eigenvalue weighted by Gasteiger charge is 1.99. The standard InChI is InChI=1S/C11H11N3O/c1-9-3-2-4-10(13-9)5-14-6-11(7-15)12-8-14/h2-4,6-8H,5H2,1H3. The Morgan fingerprint density at radius 2 is 2.33 bits per heavy atom. The second-order valence-electron chi connectivity index (χ2n) is 3.36. The fraction of sp³-hybridized carbons (Fsp3) is 0.182. The molecule has 2 aromatic rings. The molecule has 76 valence electrons. The van der Waals surface area contributed by atoms with E-state index in [0.29, 0.717) is 12.2 Å². The zero-order valence-electron chi connectivity index (χ0n) is 8.42. The van der Waals surface area contributed by atoms with Gasteiger partial charge in [-0.3, -0.25) is 9.78 Å². The van der Waals surface area contributed by atoms with Crippen LogP contribution < -0.4 is 0 Å². The van der Waals surface area contributed by atoms with Crippen molar-refractivity contribution in [3.05, 3.63) is 47.8 Å². The molecule has 0 N–H and O–H groups in total. The van der Waals surface area contributed by atoms with Gasteiger partial charge in [-0.25, -0.2) is 4.98 Å². The summed E-state index contributed by atoms with van der Waals surface area (Å²) in [6.07, 6.45) is 4.07. The van der Waals surface area contributed by atoms with Crippen LogP contribution in [0.1, 0.15) is 21.9 Å². The zero-order valence-corrected chi connectivity index (χ0v) is 8.42. The van der Waals surface area contributed by atoms with Gasteiger partial charge in [-0.05, 0) is 19.1 Å². The highest BCUT2D eigenvalue weighted by Crippen LogP contribution is 2.02. The monoisotopic (exact) mass is 201 g/mol. The van der Waals surface area contributed by atoms with Gasteiger partial charge in [-0.2, -0.15) is 0 Å². The molecule has 0 radical (unpaired) electrons. The average molecular weight is 201 g/mol. The van der Waals surface area contributed by atoms with Crippen LogP contribution in [0.25, 0.3) is 0 Å². The molecule has 0 atom stereocenters. The highest BCUT2D eigenvalue weighted by molar-refractivity contribution is 5.70. The maximum Gasteiger partial charge on any atom is 0.169 e. The molecule has 0 aliphatic heterocycles. The fourth-order valence-electron chi connectivity index (χ4n) is 1.40. The van der Waals surface area contributed by atoms with E-state index in [1.807, 2.05) is 29.7 Å². The third-order valence-electron chi connectivity index (χ3n) is 2.06. The summed E-state index contributed by atoms with van der Waals surface area (Å²) in [5, 5.41) is 0. The Kier molecular flexibility index (Phi) is 2.58. The maximum atomic E-state index is 10.4. The molecular weight excluding hydrogens is 190 g/mol. The molecule has 0 saturated heterocycles. The summed E-state index contributed by atoms with van der Waals surface area (Å²) in [4.78, 5) is 18.7. The summed E-state index contributed by atoms with van der Waals surface area (Å²) in [5.41, 5.74) is 2.40. The Hall–Kier alpha value is -1.97. The lowest BCUT2D eigenvalue weighted by Crippen LogP contribution is -1.99. The lowest BCUT2D eigenvalue weighted by atomic mass is 10.3. The molecule has 0 unspecified atom stereocenters. The number of aromatic nitrogens is 3. The van der Waals surface area contributed by atoms with Crippen molar-refractivity contribution in [1.29, 1.82) is 0 Å². The van der Waals surface area contributed by atoms with Gasteiger partial charge in [0.15, 0.2) is 6.29 Å². The molecule has 0 aliphatic rings. The van der Waals surface area contributed by atoms with E-state index in [1.165, 1.54) is 0 Å². The van der Waals surface area contributed by atoms with Gasteiger partial charge in [0.25, 0.3) is 0 Å². The smallest absolute Gasteiger partial charge is 0.169 e. The fourth-order valence-corrected chi connectivity index (χ4v) is 1.40. The van der Waals surface area contributed by atoms with Gasteiger partial charge in [0.05, 0.1) is 18.6 Å². The number of carbonyl (C=O) groups is 1. The summed E-state index contributed by atoms with van der Waals surface area (Å²) in [6.45, 7) is 2.59. The van der Waals surface area contributed by atoms with E-state index in [-0.39, 0.29) is 0 Å². The number of rotatable bonds is 3. The molecule has 0 aliphatic carbocycles. The topological polar surface area (TPSA) is 47.8 Å². The number of nitrogens with zero attached hydrogens (tertiary/aromatic N) is 3. The molecule has 2 aromatic heterocycles. The van der Waals surface area contributed by atoms with Crippen molar-refractivity contribution in [1.82, 2.24) is 14.5 Å². The molecule has 2 rings (SSSR count). The number of aryl methyl sites for hydroxylation is 1. The third-order valence-corrected chi connectivity index (χ3v) is 2.06. The first-order valence-electron chi connectivity index (χ1n) is 4.67. The highest BCUT2D eigenvalue weighted by atomic mass is 16.1. The molecule has 4 heteroatoms. The zero-order chi connectivity index (χ0) is 10.7. The Labute approximate surface area is 87.6 Å². The quantitative estimate of drug-likeness (QED) is 0.706. The Bertz CT molecular complexity index is 476. The van der Waals surface area contributed by atoms with E-state index >= 15 is 0 Å². The van der Waals surface area contributed by atoms with E-state index in [9.17, 15) is 4.79 Å². The predicted molar refractivity (Wildman–Crippen MR) is 55.7 cm³/mol. The van der Waals surface area contributed by atoms with Crippen LogP contribution in [0.4, 0.5) is 0 Å². The van der Waals surface area contributed by atoms with E-state index < -0.39 is 0 Å². The lowest BCUT2D eigenvalue weighted by molar-refractivity contribution is 0.111. The van der Waals surface area contributed by atoms with Gasteiger partial charge < -0.3 is 4.57 Å². The lowest BCUT2D eigenvalue weighted by Gasteiger charge is -2.01. The SMILES string of the molecule is Cc1cccc(Cn2cnc(C=O)c2)n1. The minimum atomic E-state index is 0.447. The number of pyridine rings is 1. The van der Waals surface area contributed by atoms with Crippen LogP contribution >= 0.6 is 0 Å². The summed E-state index contributed by atoms with van der Waals surface area (Å²) in [7, 11) is 0. The van der Waals surface area contributed by atoms with Gasteiger partial charge >= 0.3 is 0 Å². The predicted octanol–water partition coefficient (Wildman–Crippen LogP) is 1.45. The first-order chi connectivity index (χ1) is 7.28. The summed E-state index contributed by atoms with van der Waals surface area (Å²) in [6, 6.07) is 5.87. The van der Waals surface area contributed by atoms with E-state index in [2.05, 4.69) is 9.97 Å². The van der Waals surface area contributed by atoms with Gasteiger partial charge in [0.2, 0.25) is 0 Å². The number of imidazole rings is 1. The number of aldehydes is 1. The normalized spacial score (nSPS) is 10.2. The summed E-state index contributed by atoms with van der Waals surface area (Å²) >= 11 is 0. The van der Waals surface area contributed by atoms with Crippen LogP contribution in [0.2, 0.25) is 0 Å². The summed E-state index contributed by atoms with van der Waals surface area (Å²) < 4.78 is 1.84. The molecule has 0 aromatic carbocycles. The average Bonchev–Trinajstić information content (AvgIpc) is 2.65. The minimum Gasteiger partial charge on any atom is -0.331 e. The number of hydrogen-bond donors (Lipinski definition) is 0. The molecule has 0 amide bonds. The van der Waals surface area contributed by atoms with Crippen molar-refractivity contribution in [2.24, 2.45) is 0 Å². The second-order valence-corrected chi connectivity index (χ2v) is 3.36. The second kappa shape index (κ2) is 4.04. The molecule has 4 nitrogen and oxygen atoms in total. The van der Waals surface area contributed by atoms with Gasteiger partial charge in [0.1, 0.15) is 5.69 Å². The van der Waals surface area contributed by atoms with Crippen molar-refractivity contribution in [2.75, 3.05) is 0 Å². The number of carbonyl (C=O) groups excluding carboxylic acids is 1. The van der Waals surface area contributed by atoms with E-state index in [4.69, 9.17) is 0 Å². The van der Waals surface area contributed by atoms with Crippen molar-refractivity contribution in [3.8, 4) is 0 Å². The van der Waals surface area contributed by atoms with Crippen LogP contribution in [0.3, 0.4) is 0 Å². The Balaban J connectivity index is 2.18. The van der Waals surface area contributed by atoms with Gasteiger partial charge in [0, 0.05) is 11.9 Å². The van der Waals surface area contributed by atoms with Gasteiger partial charge in [-0.15, -0.1) is 0 Å². The maximum absolute atomic E-state index is 10.4. The van der Waals surface area contributed by atoms with E-state index in [1.54, 1.807) is 12.5 Å². The third kappa shape index (κ3) is 2.28. The van der Waals surface area contributed by atoms with Crippen LogP contribution in [-0.4, -0.2) is 20.8 Å². The van der Waals surface area contributed by atoms with E-state index in [0.717, 1.165) is 17.7 Å². The first kappa shape index (κ1) is 9.58. The molecule has 2 heterocycles. The molecule has 0 spiro atoms. The molecule has 0 saturated carbocycles. The molecule has 15 heavy (non-hydrogen) atoms. The molecule has 0 fully saturated rings. The van der Waals surface area contributed by atoms with Crippen molar-refractivity contribution < 1.29 is 4.79 Å². The summed E-state index contributed by atoms with van der Waals surface area (Å²) in [5.74, 6) is 0. The largest absolute Gasteiger partial charge is 0.331 e. The van der Waals surface area contributed by atoms with Crippen molar-refractivity contribution in [3.63, 3.8) is 0 Å². The minimum absolute atomic E-state index is 0.447. The van der Waals surface area contributed by atoms with Crippen LogP contribution in [0.5, 0.6) is 0 Å². The Morgan fingerprint density at radius 1 is 1.47 bits per heavy atom. The molecule has 0 bridgehead atoms. The van der Waals surface area contributed by atoms with Crippen LogP contribution in [-0.2, 0) is 6.54 Å². The van der Waals surface area contributed by atoms with Crippen molar-refractivity contribution in [2.45, 2.75) is 13.5 Å². The Morgan fingerprint density at radius 3 is 3.00 bits per heavy atom. The molecular formula is C11H11N3O. The number of hydrogen-bond acceptors (Lipinski definition) is 3. The van der Waals surface area contributed by atoms with Crippen molar-refractivity contribution >= 4 is 6.29 Å². The van der Waals surface area contributed by atoms with Crippen LogP contribution in [0.15, 0.2) is 30.7 Å². The van der Waals surface area contributed by atoms with Crippen LogP contribution in [0, 0.1) is 6.92 Å².